The fourth-order valence-corrected chi connectivity index (χ4v) is 10.6. The van der Waals surface area contributed by atoms with Crippen LogP contribution in [0.15, 0.2) is 211 Å². The molecule has 0 radical (unpaired) electrons. The van der Waals surface area contributed by atoms with E-state index in [1.165, 1.54) is 32.8 Å². The third kappa shape index (κ3) is 5.93. The average Bonchev–Trinajstić information content (AvgIpc) is 4.06. The summed E-state index contributed by atoms with van der Waals surface area (Å²) in [6.45, 7) is 0. The number of hydrogen-bond acceptors (Lipinski definition) is 4. The number of para-hydroxylation sites is 3. The Morgan fingerprint density at radius 1 is 0.418 bits per heavy atom. The van der Waals surface area contributed by atoms with Crippen molar-refractivity contribution < 1.29 is 4.42 Å². The molecule has 0 unspecified atom stereocenters. The van der Waals surface area contributed by atoms with Crippen LogP contribution in [0, 0.1) is 0 Å². The summed E-state index contributed by atoms with van der Waals surface area (Å²) in [7, 11) is 0. The van der Waals surface area contributed by atoms with Crippen LogP contribution >= 0.6 is 0 Å². The first-order chi connectivity index (χ1) is 33.2. The zero-order valence-corrected chi connectivity index (χ0v) is 36.3. The van der Waals surface area contributed by atoms with E-state index < -0.39 is 0 Å². The Balaban J connectivity index is 1.08. The molecule has 0 fully saturated rings. The zero-order valence-electron chi connectivity index (χ0n) is 36.3. The fraction of sp³-hybridized carbons (Fsp3) is 0.0328. The van der Waals surface area contributed by atoms with Crippen molar-refractivity contribution in [3.8, 4) is 56.7 Å². The Morgan fingerprint density at radius 3 is 1.96 bits per heavy atom. The molecule has 14 rings (SSSR count). The quantitative estimate of drug-likeness (QED) is 0.167. The van der Waals surface area contributed by atoms with Crippen LogP contribution in [0.5, 0.6) is 0 Å². The van der Waals surface area contributed by atoms with Crippen LogP contribution in [0.1, 0.15) is 17.7 Å². The van der Waals surface area contributed by atoms with E-state index in [1.54, 1.807) is 0 Å². The van der Waals surface area contributed by atoms with E-state index >= 15 is 0 Å². The first-order valence-corrected chi connectivity index (χ1v) is 22.9. The van der Waals surface area contributed by atoms with Crippen molar-refractivity contribution >= 4 is 71.5 Å². The van der Waals surface area contributed by atoms with Gasteiger partial charge in [-0.3, -0.25) is 0 Å². The lowest BCUT2D eigenvalue weighted by atomic mass is 9.98. The van der Waals surface area contributed by atoms with Crippen LogP contribution in [-0.2, 0) is 6.42 Å². The summed E-state index contributed by atoms with van der Waals surface area (Å²) < 4.78 is 11.7. The van der Waals surface area contributed by atoms with Crippen molar-refractivity contribution in [2.75, 3.05) is 0 Å². The standard InChI is InChI=1S/C61H39N5O/c1-3-17-38(18-4-1)39-21-15-22-42(33-39)59-62-60(48-28-16-31-54-57(48)47-27-10-13-30-53(47)65(54)43-23-5-2-6-24-43)64-61(63-59)51-37-44(36-50-46-26-11-14-32-56(46)67-58(50)51)66-52-29-12-9-25-45(52)49-34-40-19-7-8-20-41(40)35-55(49)66/h1-12,14-29,31-37H,13,30H2. The minimum atomic E-state index is 0.533. The predicted molar refractivity (Wildman–Crippen MR) is 275 cm³/mol. The molecule has 4 heterocycles. The van der Waals surface area contributed by atoms with Gasteiger partial charge in [0, 0.05) is 60.7 Å². The molecule has 0 atom stereocenters. The van der Waals surface area contributed by atoms with Gasteiger partial charge >= 0.3 is 0 Å². The van der Waals surface area contributed by atoms with E-state index in [-0.39, 0.29) is 0 Å². The molecule has 0 amide bonds. The molecule has 1 aliphatic rings. The smallest absolute Gasteiger partial charge is 0.167 e. The van der Waals surface area contributed by atoms with Gasteiger partial charge in [0.15, 0.2) is 17.5 Å². The van der Waals surface area contributed by atoms with Crippen molar-refractivity contribution in [3.63, 3.8) is 0 Å². The van der Waals surface area contributed by atoms with Crippen molar-refractivity contribution in [3.05, 3.63) is 218 Å². The number of aromatic nitrogens is 5. The van der Waals surface area contributed by atoms with Gasteiger partial charge < -0.3 is 13.6 Å². The van der Waals surface area contributed by atoms with E-state index in [9.17, 15) is 0 Å². The minimum Gasteiger partial charge on any atom is -0.455 e. The maximum Gasteiger partial charge on any atom is 0.167 e. The van der Waals surface area contributed by atoms with Crippen LogP contribution in [0.4, 0.5) is 0 Å². The number of nitrogens with zero attached hydrogens (tertiary/aromatic N) is 5. The number of hydrogen-bond donors (Lipinski definition) is 0. The van der Waals surface area contributed by atoms with Gasteiger partial charge in [-0.2, -0.15) is 0 Å². The second-order valence-corrected chi connectivity index (χ2v) is 17.5. The third-order valence-corrected chi connectivity index (χ3v) is 13.6. The highest BCUT2D eigenvalue weighted by atomic mass is 16.3. The molecule has 0 bridgehead atoms. The lowest BCUT2D eigenvalue weighted by Gasteiger charge is -2.14. The Labute approximate surface area is 385 Å². The maximum atomic E-state index is 6.89. The molecule has 67 heavy (non-hydrogen) atoms. The molecule has 0 aliphatic heterocycles. The molecule has 0 N–H and O–H groups in total. The highest BCUT2D eigenvalue weighted by Crippen LogP contribution is 2.43. The van der Waals surface area contributed by atoms with E-state index in [0.29, 0.717) is 17.5 Å². The van der Waals surface area contributed by atoms with Crippen molar-refractivity contribution in [2.24, 2.45) is 0 Å². The molecule has 0 saturated carbocycles. The van der Waals surface area contributed by atoms with Crippen LogP contribution < -0.4 is 0 Å². The van der Waals surface area contributed by atoms with Gasteiger partial charge in [-0.25, -0.2) is 15.0 Å². The number of allylic oxidation sites excluding steroid dienone is 1. The molecule has 6 nitrogen and oxygen atoms in total. The van der Waals surface area contributed by atoms with Gasteiger partial charge in [0.1, 0.15) is 11.2 Å². The van der Waals surface area contributed by atoms with Crippen LogP contribution in [0.25, 0.3) is 128 Å². The number of furan rings is 1. The summed E-state index contributed by atoms with van der Waals surface area (Å²) in [5, 5.41) is 7.93. The highest BCUT2D eigenvalue weighted by Gasteiger charge is 2.25. The minimum absolute atomic E-state index is 0.533. The number of fused-ring (bicyclic) bond motifs is 10. The first-order valence-electron chi connectivity index (χ1n) is 22.9. The average molecular weight is 858 g/mol. The van der Waals surface area contributed by atoms with E-state index in [1.807, 2.05) is 18.2 Å². The molecule has 9 aromatic carbocycles. The second-order valence-electron chi connectivity index (χ2n) is 17.5. The Kier molecular flexibility index (Phi) is 8.31. The number of rotatable bonds is 6. The van der Waals surface area contributed by atoms with Gasteiger partial charge in [0.25, 0.3) is 0 Å². The third-order valence-electron chi connectivity index (χ3n) is 13.6. The summed E-state index contributed by atoms with van der Waals surface area (Å²) in [6, 6.07) is 70.9. The Morgan fingerprint density at radius 2 is 1.09 bits per heavy atom. The zero-order chi connectivity index (χ0) is 44.0. The number of benzene rings is 9. The second kappa shape index (κ2) is 14.8. The van der Waals surface area contributed by atoms with Gasteiger partial charge in [0.05, 0.1) is 22.1 Å². The molecule has 0 spiro atoms. The molecule has 13 aromatic rings. The SMILES string of the molecule is C1=Cc2c(n(-c3ccccc3)c3cccc(-c4nc(-c5cccc(-c6ccccc6)c5)nc(-c5cc(-n6c7ccccc7c7cc8ccccc8cc76)cc6c5oc5ccccc56)n4)c23)CC1. The van der Waals surface area contributed by atoms with Crippen LogP contribution in [-0.4, -0.2) is 24.1 Å². The first kappa shape index (κ1) is 37.5. The topological polar surface area (TPSA) is 61.7 Å². The van der Waals surface area contributed by atoms with E-state index in [0.717, 1.165) is 95.9 Å². The van der Waals surface area contributed by atoms with E-state index in [4.69, 9.17) is 19.4 Å². The maximum absolute atomic E-state index is 6.89. The summed E-state index contributed by atoms with van der Waals surface area (Å²) >= 11 is 0. The molecule has 1 aliphatic carbocycles. The molecular weight excluding hydrogens is 819 g/mol. The molecular formula is C61H39N5O. The van der Waals surface area contributed by atoms with Gasteiger partial charge in [0.2, 0.25) is 0 Å². The predicted octanol–water partition coefficient (Wildman–Crippen LogP) is 15.6. The van der Waals surface area contributed by atoms with Gasteiger partial charge in [-0.1, -0.05) is 152 Å². The molecule has 314 valence electrons. The Bertz CT molecular complexity index is 4160. The normalized spacial score (nSPS) is 12.6. The summed E-state index contributed by atoms with van der Waals surface area (Å²) in [6.07, 6.45) is 6.49. The van der Waals surface area contributed by atoms with Crippen LogP contribution in [0.2, 0.25) is 0 Å². The van der Waals surface area contributed by atoms with Crippen LogP contribution in [0.3, 0.4) is 0 Å². The van der Waals surface area contributed by atoms with Crippen molar-refractivity contribution in [2.45, 2.75) is 12.8 Å². The van der Waals surface area contributed by atoms with Gasteiger partial charge in [-0.15, -0.1) is 0 Å². The van der Waals surface area contributed by atoms with Crippen molar-refractivity contribution in [1.82, 2.24) is 24.1 Å². The molecule has 6 heteroatoms. The lowest BCUT2D eigenvalue weighted by Crippen LogP contribution is -2.02. The molecule has 0 saturated heterocycles. The van der Waals surface area contributed by atoms with E-state index in [2.05, 4.69) is 203 Å². The summed E-state index contributed by atoms with van der Waals surface area (Å²) in [5.41, 5.74) is 14.4. The van der Waals surface area contributed by atoms with Gasteiger partial charge in [-0.05, 0) is 95.4 Å². The van der Waals surface area contributed by atoms with Crippen molar-refractivity contribution in [1.29, 1.82) is 0 Å². The Hall–Kier alpha value is -8.87. The monoisotopic (exact) mass is 857 g/mol. The fourth-order valence-electron chi connectivity index (χ4n) is 10.6. The molecule has 4 aromatic heterocycles. The summed E-state index contributed by atoms with van der Waals surface area (Å²) in [4.78, 5) is 16.4. The highest BCUT2D eigenvalue weighted by molar-refractivity contribution is 6.15. The largest absolute Gasteiger partial charge is 0.455 e. The lowest BCUT2D eigenvalue weighted by molar-refractivity contribution is 0.669. The summed E-state index contributed by atoms with van der Waals surface area (Å²) in [5.74, 6) is 1.71.